The van der Waals surface area contributed by atoms with E-state index >= 15 is 0 Å². The topological polar surface area (TPSA) is 24.4 Å². The van der Waals surface area contributed by atoms with Crippen LogP contribution in [0.5, 0.6) is 0 Å². The first kappa shape index (κ1) is 14.5. The first-order valence-corrected chi connectivity index (χ1v) is 9.13. The molecule has 1 N–H and O–H groups in total. The van der Waals surface area contributed by atoms with Crippen LogP contribution in [0.4, 0.5) is 0 Å². The second-order valence-corrected chi connectivity index (χ2v) is 8.02. The van der Waals surface area contributed by atoms with E-state index in [2.05, 4.69) is 52.4 Å². The number of aliphatic imine (C=N–C) groups is 1. The van der Waals surface area contributed by atoms with Gasteiger partial charge in [-0.25, -0.2) is 0 Å². The monoisotopic (exact) mass is 352 g/mol. The molecule has 20 heavy (non-hydrogen) atoms. The lowest BCUT2D eigenvalue weighted by Gasteiger charge is -2.36. The van der Waals surface area contributed by atoms with Gasteiger partial charge in [0.05, 0.1) is 6.54 Å². The van der Waals surface area contributed by atoms with Crippen LogP contribution in [-0.2, 0) is 6.54 Å². The van der Waals surface area contributed by atoms with E-state index in [4.69, 9.17) is 4.99 Å². The minimum atomic E-state index is 0.334. The van der Waals surface area contributed by atoms with Crippen molar-refractivity contribution in [3.63, 3.8) is 0 Å². The number of rotatable bonds is 2. The summed E-state index contributed by atoms with van der Waals surface area (Å²) in [4.78, 5) is 4.75. The van der Waals surface area contributed by atoms with Gasteiger partial charge in [0.2, 0.25) is 0 Å². The van der Waals surface area contributed by atoms with Crippen molar-refractivity contribution in [3.05, 3.63) is 34.3 Å². The Bertz CT molecular complexity index is 500. The molecule has 2 fully saturated rings. The Morgan fingerprint density at radius 2 is 2.20 bits per heavy atom. The number of nitrogens with one attached hydrogen (secondary N) is 1. The zero-order valence-corrected chi connectivity index (χ0v) is 14.3. The van der Waals surface area contributed by atoms with Gasteiger partial charge in [0, 0.05) is 15.8 Å². The Morgan fingerprint density at radius 3 is 2.95 bits per heavy atom. The number of hydrogen-bond donors (Lipinski definition) is 1. The summed E-state index contributed by atoms with van der Waals surface area (Å²) in [5, 5.41) is 4.86. The highest BCUT2D eigenvalue weighted by molar-refractivity contribution is 9.10. The van der Waals surface area contributed by atoms with Crippen molar-refractivity contribution in [1.82, 2.24) is 5.32 Å². The van der Waals surface area contributed by atoms with Crippen LogP contribution in [0.15, 0.2) is 33.7 Å². The first-order chi connectivity index (χ1) is 9.65. The van der Waals surface area contributed by atoms with Crippen molar-refractivity contribution in [2.75, 3.05) is 5.75 Å². The van der Waals surface area contributed by atoms with Crippen LogP contribution >= 0.6 is 27.7 Å². The predicted molar refractivity (Wildman–Crippen MR) is 91.2 cm³/mol. The third-order valence-electron chi connectivity index (χ3n) is 4.27. The van der Waals surface area contributed by atoms with Crippen LogP contribution in [-0.4, -0.2) is 16.5 Å². The van der Waals surface area contributed by atoms with E-state index in [-0.39, 0.29) is 0 Å². The SMILES string of the molecule is CC1CCCC2(CSC(=NCc3ccc(Br)cc3)N2)C1. The molecule has 0 radical (unpaired) electrons. The highest BCUT2D eigenvalue weighted by Crippen LogP contribution is 2.38. The molecule has 1 aliphatic carbocycles. The Kier molecular flexibility index (Phi) is 4.41. The fraction of sp³-hybridized carbons (Fsp3) is 0.562. The van der Waals surface area contributed by atoms with Gasteiger partial charge in [-0.3, -0.25) is 4.99 Å². The smallest absolute Gasteiger partial charge is 0.157 e. The number of amidine groups is 1. The van der Waals surface area contributed by atoms with Crippen LogP contribution in [0.2, 0.25) is 0 Å². The van der Waals surface area contributed by atoms with Crippen molar-refractivity contribution in [3.8, 4) is 0 Å². The van der Waals surface area contributed by atoms with Gasteiger partial charge in [0.25, 0.3) is 0 Å². The molecule has 2 unspecified atom stereocenters. The van der Waals surface area contributed by atoms with Crippen LogP contribution < -0.4 is 5.32 Å². The second kappa shape index (κ2) is 6.10. The Hall–Kier alpha value is -0.480. The van der Waals surface area contributed by atoms with E-state index < -0.39 is 0 Å². The normalized spacial score (nSPS) is 31.7. The number of hydrogen-bond acceptors (Lipinski definition) is 2. The third kappa shape index (κ3) is 3.40. The van der Waals surface area contributed by atoms with Crippen molar-refractivity contribution in [2.45, 2.75) is 44.7 Å². The fourth-order valence-electron chi connectivity index (χ4n) is 3.25. The molecule has 1 saturated heterocycles. The van der Waals surface area contributed by atoms with Gasteiger partial charge in [-0.05, 0) is 36.5 Å². The molecule has 0 aromatic heterocycles. The molecule has 0 amide bonds. The molecule has 108 valence electrons. The van der Waals surface area contributed by atoms with E-state index in [0.29, 0.717) is 5.54 Å². The molecule has 3 rings (SSSR count). The molecule has 1 spiro atoms. The van der Waals surface area contributed by atoms with Crippen LogP contribution in [0.25, 0.3) is 0 Å². The summed E-state index contributed by atoms with van der Waals surface area (Å²) < 4.78 is 1.12. The minimum Gasteiger partial charge on any atom is -0.359 e. The third-order valence-corrected chi connectivity index (χ3v) is 6.00. The second-order valence-electron chi connectivity index (χ2n) is 6.14. The van der Waals surface area contributed by atoms with Crippen LogP contribution in [0.3, 0.4) is 0 Å². The molecule has 2 aliphatic rings. The van der Waals surface area contributed by atoms with Crippen molar-refractivity contribution >= 4 is 32.9 Å². The van der Waals surface area contributed by atoms with Gasteiger partial charge in [-0.15, -0.1) is 0 Å². The summed E-state index contributed by atoms with van der Waals surface area (Å²) in [5.41, 5.74) is 1.60. The van der Waals surface area contributed by atoms with Crippen LogP contribution in [0.1, 0.15) is 38.2 Å². The van der Waals surface area contributed by atoms with E-state index in [0.717, 1.165) is 22.1 Å². The maximum atomic E-state index is 4.75. The summed E-state index contributed by atoms with van der Waals surface area (Å²) >= 11 is 5.37. The summed E-state index contributed by atoms with van der Waals surface area (Å²) in [6.45, 7) is 3.15. The van der Waals surface area contributed by atoms with Gasteiger partial charge in [-0.1, -0.05) is 59.6 Å². The highest BCUT2D eigenvalue weighted by Gasteiger charge is 2.40. The van der Waals surface area contributed by atoms with Gasteiger partial charge in [0.15, 0.2) is 5.17 Å². The first-order valence-electron chi connectivity index (χ1n) is 7.35. The molecule has 1 aliphatic heterocycles. The minimum absolute atomic E-state index is 0.334. The largest absolute Gasteiger partial charge is 0.359 e. The maximum Gasteiger partial charge on any atom is 0.157 e. The average molecular weight is 353 g/mol. The van der Waals surface area contributed by atoms with Gasteiger partial charge >= 0.3 is 0 Å². The quantitative estimate of drug-likeness (QED) is 0.841. The fourth-order valence-corrected chi connectivity index (χ4v) is 4.70. The van der Waals surface area contributed by atoms with E-state index in [9.17, 15) is 0 Å². The lowest BCUT2D eigenvalue weighted by Crippen LogP contribution is -2.47. The number of thioether (sulfide) groups is 1. The van der Waals surface area contributed by atoms with E-state index in [1.165, 1.54) is 37.0 Å². The molecule has 1 saturated carbocycles. The Morgan fingerprint density at radius 1 is 1.40 bits per heavy atom. The van der Waals surface area contributed by atoms with Crippen LogP contribution in [0, 0.1) is 5.92 Å². The predicted octanol–water partition coefficient (Wildman–Crippen LogP) is 4.59. The lowest BCUT2D eigenvalue weighted by atomic mass is 9.78. The maximum absolute atomic E-state index is 4.75. The molecule has 1 heterocycles. The van der Waals surface area contributed by atoms with E-state index in [1.807, 2.05) is 11.8 Å². The zero-order chi connectivity index (χ0) is 14.0. The molecule has 1 aromatic rings. The van der Waals surface area contributed by atoms with Gasteiger partial charge < -0.3 is 5.32 Å². The zero-order valence-electron chi connectivity index (χ0n) is 11.9. The summed E-state index contributed by atoms with van der Waals surface area (Å²) in [5.74, 6) is 2.04. The molecule has 4 heteroatoms. The molecule has 1 aromatic carbocycles. The number of halogens is 1. The standard InChI is InChI=1S/C16H21BrN2S/c1-12-3-2-8-16(9-12)11-20-15(19-16)18-10-13-4-6-14(17)7-5-13/h4-7,12H,2-3,8-11H2,1H3,(H,18,19). The van der Waals surface area contributed by atoms with Gasteiger partial charge in [0.1, 0.15) is 0 Å². The van der Waals surface area contributed by atoms with Crippen molar-refractivity contribution in [2.24, 2.45) is 10.9 Å². The molecule has 2 atom stereocenters. The molecule has 2 nitrogen and oxygen atoms in total. The lowest BCUT2D eigenvalue weighted by molar-refractivity contribution is 0.242. The van der Waals surface area contributed by atoms with Crippen molar-refractivity contribution in [1.29, 1.82) is 0 Å². The average Bonchev–Trinajstić information content (AvgIpc) is 2.81. The van der Waals surface area contributed by atoms with Gasteiger partial charge in [-0.2, -0.15) is 0 Å². The summed E-state index contributed by atoms with van der Waals surface area (Å²) in [6, 6.07) is 8.42. The number of nitrogens with zero attached hydrogens (tertiary/aromatic N) is 1. The van der Waals surface area contributed by atoms with E-state index in [1.54, 1.807) is 0 Å². The highest BCUT2D eigenvalue weighted by atomic mass is 79.9. The molecular formula is C16H21BrN2S. The Labute approximate surface area is 134 Å². The summed E-state index contributed by atoms with van der Waals surface area (Å²) in [7, 11) is 0. The molecular weight excluding hydrogens is 332 g/mol. The number of benzene rings is 1. The molecule has 0 bridgehead atoms. The van der Waals surface area contributed by atoms with Crippen molar-refractivity contribution < 1.29 is 0 Å². The summed E-state index contributed by atoms with van der Waals surface area (Å²) in [6.07, 6.45) is 5.35. The Balaban J connectivity index is 1.61.